The molecule has 2 fully saturated rings. The van der Waals surface area contributed by atoms with Crippen LogP contribution in [0.25, 0.3) is 0 Å². The lowest BCUT2D eigenvalue weighted by molar-refractivity contribution is 0.246. The van der Waals surface area contributed by atoms with Gasteiger partial charge in [-0.1, -0.05) is 6.92 Å². The zero-order chi connectivity index (χ0) is 9.64. The normalized spacial score (nSPS) is 43.0. The first-order valence-corrected chi connectivity index (χ1v) is 5.01. The predicted octanol–water partition coefficient (Wildman–Crippen LogP) is 1.48. The van der Waals surface area contributed by atoms with Gasteiger partial charge in [0.15, 0.2) is 5.90 Å². The molecule has 1 saturated heterocycles. The molecule has 1 saturated carbocycles. The van der Waals surface area contributed by atoms with Crippen molar-refractivity contribution in [1.29, 1.82) is 5.41 Å². The molecular formula is C10H18N2O. The highest BCUT2D eigenvalue weighted by Gasteiger charge is 2.61. The van der Waals surface area contributed by atoms with Gasteiger partial charge in [-0.3, -0.25) is 10.3 Å². The number of fused-ring (bicyclic) bond motifs is 1. The number of ether oxygens (including phenoxy) is 1. The number of hydrogen-bond donors (Lipinski definition) is 1. The van der Waals surface area contributed by atoms with E-state index in [2.05, 4.69) is 18.9 Å². The Morgan fingerprint density at radius 3 is 2.77 bits per heavy atom. The van der Waals surface area contributed by atoms with E-state index in [0.29, 0.717) is 24.0 Å². The molecule has 1 heterocycles. The Hall–Kier alpha value is -0.570. The molecule has 0 aromatic rings. The van der Waals surface area contributed by atoms with Crippen molar-refractivity contribution in [2.45, 2.75) is 38.8 Å². The zero-order valence-electron chi connectivity index (χ0n) is 8.63. The van der Waals surface area contributed by atoms with Gasteiger partial charge in [-0.15, -0.1) is 0 Å². The lowest BCUT2D eigenvalue weighted by Crippen LogP contribution is -2.36. The molecule has 2 rings (SSSR count). The maximum atomic E-state index is 7.75. The molecule has 0 radical (unpaired) electrons. The summed E-state index contributed by atoms with van der Waals surface area (Å²) in [6.07, 6.45) is 2.41. The highest BCUT2D eigenvalue weighted by Crippen LogP contribution is 2.58. The van der Waals surface area contributed by atoms with Gasteiger partial charge in [0, 0.05) is 6.04 Å². The van der Waals surface area contributed by atoms with Gasteiger partial charge >= 0.3 is 0 Å². The maximum absolute atomic E-state index is 7.75. The second kappa shape index (κ2) is 2.71. The van der Waals surface area contributed by atoms with Crippen molar-refractivity contribution >= 4 is 5.90 Å². The smallest absolute Gasteiger partial charge is 0.198 e. The van der Waals surface area contributed by atoms with Crippen LogP contribution in [0.4, 0.5) is 0 Å². The molecule has 74 valence electrons. The Morgan fingerprint density at radius 1 is 1.62 bits per heavy atom. The van der Waals surface area contributed by atoms with Crippen molar-refractivity contribution in [3.63, 3.8) is 0 Å². The number of likely N-dealkylation sites (tertiary alicyclic amines) is 1. The molecule has 3 nitrogen and oxygen atoms in total. The van der Waals surface area contributed by atoms with Gasteiger partial charge in [0.05, 0.1) is 12.6 Å². The standard InChI is InChI=1S/C10H18N2O/c1-4-13-9(11)7-5-10(2)6-8(10)12(7)3/h7-8,11H,4-6H2,1-3H3/t7-,8-,10+/m0/s1. The zero-order valence-corrected chi connectivity index (χ0v) is 8.63. The predicted molar refractivity (Wildman–Crippen MR) is 52.0 cm³/mol. The van der Waals surface area contributed by atoms with Crippen LogP contribution in [0.1, 0.15) is 26.7 Å². The first-order valence-electron chi connectivity index (χ1n) is 5.01. The molecule has 1 aliphatic heterocycles. The Bertz CT molecular complexity index is 241. The third kappa shape index (κ3) is 1.26. The van der Waals surface area contributed by atoms with Crippen molar-refractivity contribution in [1.82, 2.24) is 4.90 Å². The van der Waals surface area contributed by atoms with Gasteiger partial charge in [-0.2, -0.15) is 0 Å². The summed E-state index contributed by atoms with van der Waals surface area (Å²) in [6, 6.07) is 0.946. The summed E-state index contributed by atoms with van der Waals surface area (Å²) >= 11 is 0. The fraction of sp³-hybridized carbons (Fsp3) is 0.900. The monoisotopic (exact) mass is 182 g/mol. The molecule has 0 aromatic carbocycles. The van der Waals surface area contributed by atoms with E-state index in [1.165, 1.54) is 6.42 Å². The molecule has 13 heavy (non-hydrogen) atoms. The van der Waals surface area contributed by atoms with Gasteiger partial charge in [0.1, 0.15) is 0 Å². The lowest BCUT2D eigenvalue weighted by atomic mass is 10.0. The number of piperidine rings is 1. The van der Waals surface area contributed by atoms with Gasteiger partial charge in [-0.05, 0) is 32.2 Å². The molecule has 0 unspecified atom stereocenters. The molecule has 3 heteroatoms. The largest absolute Gasteiger partial charge is 0.480 e. The van der Waals surface area contributed by atoms with Crippen LogP contribution in [0, 0.1) is 10.8 Å². The van der Waals surface area contributed by atoms with Crippen LogP contribution in [0.2, 0.25) is 0 Å². The van der Waals surface area contributed by atoms with Crippen LogP contribution in [0.3, 0.4) is 0 Å². The second-order valence-corrected chi connectivity index (χ2v) is 4.56. The molecule has 0 spiro atoms. The minimum absolute atomic E-state index is 0.240. The lowest BCUT2D eigenvalue weighted by Gasteiger charge is -2.22. The number of nitrogens with zero attached hydrogens (tertiary/aromatic N) is 1. The average Bonchev–Trinajstić information content (AvgIpc) is 2.67. The van der Waals surface area contributed by atoms with Gasteiger partial charge in [-0.25, -0.2) is 0 Å². The van der Waals surface area contributed by atoms with Crippen LogP contribution in [-0.4, -0.2) is 36.5 Å². The summed E-state index contributed by atoms with van der Waals surface area (Å²) in [5, 5.41) is 7.75. The Labute approximate surface area is 79.6 Å². The average molecular weight is 182 g/mol. The minimum Gasteiger partial charge on any atom is -0.480 e. The fourth-order valence-electron chi connectivity index (χ4n) is 2.57. The van der Waals surface area contributed by atoms with Crippen LogP contribution in [0.5, 0.6) is 0 Å². The molecule has 1 aliphatic carbocycles. The number of nitrogens with one attached hydrogen (secondary N) is 1. The van der Waals surface area contributed by atoms with E-state index >= 15 is 0 Å². The van der Waals surface area contributed by atoms with Crippen LogP contribution >= 0.6 is 0 Å². The van der Waals surface area contributed by atoms with Crippen LogP contribution in [0.15, 0.2) is 0 Å². The quantitative estimate of drug-likeness (QED) is 0.519. The van der Waals surface area contributed by atoms with E-state index in [0.717, 1.165) is 6.42 Å². The van der Waals surface area contributed by atoms with Gasteiger partial charge < -0.3 is 4.74 Å². The molecule has 0 amide bonds. The first kappa shape index (κ1) is 9.00. The summed E-state index contributed by atoms with van der Waals surface area (Å²) in [6.45, 7) is 4.86. The van der Waals surface area contributed by atoms with Crippen LogP contribution in [-0.2, 0) is 4.74 Å². The maximum Gasteiger partial charge on any atom is 0.198 e. The van der Waals surface area contributed by atoms with E-state index in [1.807, 2.05) is 6.92 Å². The van der Waals surface area contributed by atoms with E-state index in [4.69, 9.17) is 10.1 Å². The fourth-order valence-corrected chi connectivity index (χ4v) is 2.57. The van der Waals surface area contributed by atoms with E-state index in [-0.39, 0.29) is 6.04 Å². The number of hydrogen-bond acceptors (Lipinski definition) is 3. The van der Waals surface area contributed by atoms with Crippen molar-refractivity contribution < 1.29 is 4.74 Å². The molecule has 3 atom stereocenters. The minimum atomic E-state index is 0.240. The topological polar surface area (TPSA) is 36.3 Å². The highest BCUT2D eigenvalue weighted by atomic mass is 16.5. The highest BCUT2D eigenvalue weighted by molar-refractivity contribution is 5.79. The van der Waals surface area contributed by atoms with Crippen LogP contribution < -0.4 is 0 Å². The summed E-state index contributed by atoms with van der Waals surface area (Å²) < 4.78 is 5.25. The second-order valence-electron chi connectivity index (χ2n) is 4.56. The third-order valence-electron chi connectivity index (χ3n) is 3.55. The van der Waals surface area contributed by atoms with Crippen molar-refractivity contribution in [3.05, 3.63) is 0 Å². The molecule has 2 aliphatic rings. The van der Waals surface area contributed by atoms with Crippen molar-refractivity contribution in [2.24, 2.45) is 5.41 Å². The Kier molecular flexibility index (Phi) is 1.88. The third-order valence-corrected chi connectivity index (χ3v) is 3.55. The molecular weight excluding hydrogens is 164 g/mol. The summed E-state index contributed by atoms with van der Waals surface area (Å²) in [5.41, 5.74) is 0.489. The Morgan fingerprint density at radius 2 is 2.31 bits per heavy atom. The van der Waals surface area contributed by atoms with Gasteiger partial charge in [0.2, 0.25) is 0 Å². The summed E-state index contributed by atoms with van der Waals surface area (Å²) in [5.74, 6) is 0.457. The van der Waals surface area contributed by atoms with E-state index in [9.17, 15) is 0 Å². The molecule has 0 bridgehead atoms. The van der Waals surface area contributed by atoms with E-state index < -0.39 is 0 Å². The van der Waals surface area contributed by atoms with Crippen molar-refractivity contribution in [3.8, 4) is 0 Å². The number of likely N-dealkylation sites (N-methyl/N-ethyl adjacent to an activating group) is 1. The molecule has 1 N–H and O–H groups in total. The van der Waals surface area contributed by atoms with Crippen molar-refractivity contribution in [2.75, 3.05) is 13.7 Å². The first-order chi connectivity index (χ1) is 6.08. The summed E-state index contributed by atoms with van der Waals surface area (Å²) in [7, 11) is 2.11. The van der Waals surface area contributed by atoms with E-state index in [1.54, 1.807) is 0 Å². The molecule has 0 aromatic heterocycles. The Balaban J connectivity index is 1.99. The summed E-state index contributed by atoms with van der Waals surface area (Å²) in [4.78, 5) is 2.30. The van der Waals surface area contributed by atoms with Gasteiger partial charge in [0.25, 0.3) is 0 Å². The SMILES string of the molecule is CCOC(=N)[C@@H]1C[C@]2(C)C[C@@H]2N1C. The number of rotatable bonds is 2.